The molecular weight excluding hydrogens is 293 g/mol. The van der Waals surface area contributed by atoms with Gasteiger partial charge in [-0.2, -0.15) is 0 Å². The number of aromatic nitrogens is 1. The molecule has 5 nitrogen and oxygen atoms in total. The summed E-state index contributed by atoms with van der Waals surface area (Å²) in [5.41, 5.74) is 0. The third-order valence-corrected chi connectivity index (χ3v) is 3.69. The molecule has 2 N–H and O–H groups in total. The van der Waals surface area contributed by atoms with Crippen LogP contribution in [0.5, 0.6) is 0 Å². The first-order chi connectivity index (χ1) is 10.2. The zero-order valence-electron chi connectivity index (χ0n) is 12.1. The molecule has 1 aliphatic heterocycles. The Hall–Kier alpha value is -1.56. The van der Waals surface area contributed by atoms with Crippen molar-refractivity contribution in [2.75, 3.05) is 38.3 Å². The number of pyridine rings is 1. The molecule has 2 rings (SSSR count). The second kappa shape index (κ2) is 8.02. The fourth-order valence-electron chi connectivity index (χ4n) is 2.34. The Morgan fingerprint density at radius 2 is 2.48 bits per heavy atom. The number of nitrogens with zero attached hydrogens (tertiary/aromatic N) is 3. The van der Waals surface area contributed by atoms with Gasteiger partial charge in [-0.3, -0.25) is 9.38 Å². The Labute approximate surface area is 129 Å². The minimum atomic E-state index is -0.320. The van der Waals surface area contributed by atoms with E-state index in [1.165, 1.54) is 0 Å². The van der Waals surface area contributed by atoms with Gasteiger partial charge in [0.05, 0.1) is 11.7 Å². The molecule has 1 aliphatic rings. The van der Waals surface area contributed by atoms with Gasteiger partial charge in [0.25, 0.3) is 0 Å². The van der Waals surface area contributed by atoms with Crippen molar-refractivity contribution in [3.05, 3.63) is 23.4 Å². The van der Waals surface area contributed by atoms with Crippen LogP contribution in [0.25, 0.3) is 0 Å². The van der Waals surface area contributed by atoms with Crippen molar-refractivity contribution in [1.29, 1.82) is 0 Å². The van der Waals surface area contributed by atoms with Gasteiger partial charge in [-0.25, -0.2) is 4.98 Å². The number of anilines is 1. The van der Waals surface area contributed by atoms with Gasteiger partial charge >= 0.3 is 0 Å². The van der Waals surface area contributed by atoms with Gasteiger partial charge in [-0.1, -0.05) is 11.6 Å². The van der Waals surface area contributed by atoms with E-state index < -0.39 is 0 Å². The number of aliphatic imine (C=N–C) groups is 1. The van der Waals surface area contributed by atoms with E-state index in [0.29, 0.717) is 23.9 Å². The standard InChI is InChI=1S/C14H21ClFN5/c1-17-14(19-8-3-6-16)20-11-5-9-21(10-11)13-12(15)4-2-7-18-13/h2,4,7,11H,3,5-6,8-10H2,1H3,(H2,17,19,20). The molecule has 0 aliphatic carbocycles. The fourth-order valence-corrected chi connectivity index (χ4v) is 2.58. The highest BCUT2D eigenvalue weighted by Crippen LogP contribution is 2.25. The summed E-state index contributed by atoms with van der Waals surface area (Å²) in [7, 11) is 1.72. The SMILES string of the molecule is CN=C(NCCCF)NC1CCN(c2ncccc2Cl)C1. The summed E-state index contributed by atoms with van der Waals surface area (Å²) in [6.45, 7) is 1.98. The normalized spacial score (nSPS) is 18.9. The average Bonchev–Trinajstić information content (AvgIpc) is 2.95. The maximum Gasteiger partial charge on any atom is 0.191 e. The van der Waals surface area contributed by atoms with Crippen molar-refractivity contribution < 1.29 is 4.39 Å². The monoisotopic (exact) mass is 313 g/mol. The van der Waals surface area contributed by atoms with E-state index in [4.69, 9.17) is 11.6 Å². The van der Waals surface area contributed by atoms with Crippen molar-refractivity contribution in [3.8, 4) is 0 Å². The predicted octanol–water partition coefficient (Wildman–Crippen LogP) is 1.84. The summed E-state index contributed by atoms with van der Waals surface area (Å²) in [6.07, 6.45) is 3.22. The highest BCUT2D eigenvalue weighted by Gasteiger charge is 2.25. The molecule has 116 valence electrons. The summed E-state index contributed by atoms with van der Waals surface area (Å²) in [4.78, 5) is 10.6. The Morgan fingerprint density at radius 3 is 3.19 bits per heavy atom. The van der Waals surface area contributed by atoms with Crippen molar-refractivity contribution in [3.63, 3.8) is 0 Å². The number of hydrogen-bond donors (Lipinski definition) is 2. The number of alkyl halides is 1. The van der Waals surface area contributed by atoms with Gasteiger partial charge in [0.2, 0.25) is 0 Å². The van der Waals surface area contributed by atoms with Crippen molar-refractivity contribution >= 4 is 23.4 Å². The lowest BCUT2D eigenvalue weighted by atomic mass is 10.3. The maximum atomic E-state index is 12.1. The van der Waals surface area contributed by atoms with Crippen LogP contribution in [0.4, 0.5) is 10.2 Å². The van der Waals surface area contributed by atoms with Crippen LogP contribution < -0.4 is 15.5 Å². The first-order valence-corrected chi connectivity index (χ1v) is 7.51. The number of rotatable bonds is 5. The van der Waals surface area contributed by atoms with Crippen LogP contribution in [0.2, 0.25) is 5.02 Å². The first kappa shape index (κ1) is 15.8. The molecule has 0 aromatic carbocycles. The van der Waals surface area contributed by atoms with Crippen LogP contribution in [-0.2, 0) is 0 Å². The van der Waals surface area contributed by atoms with Crippen LogP contribution in [0.3, 0.4) is 0 Å². The zero-order chi connectivity index (χ0) is 15.1. The van der Waals surface area contributed by atoms with Crippen LogP contribution in [0.1, 0.15) is 12.8 Å². The molecule has 2 heterocycles. The molecule has 1 fully saturated rings. The molecular formula is C14H21ClFN5. The van der Waals surface area contributed by atoms with Gasteiger partial charge in [0.1, 0.15) is 5.82 Å². The van der Waals surface area contributed by atoms with E-state index >= 15 is 0 Å². The van der Waals surface area contributed by atoms with E-state index in [9.17, 15) is 4.39 Å². The smallest absolute Gasteiger partial charge is 0.191 e. The quantitative estimate of drug-likeness (QED) is 0.495. The maximum absolute atomic E-state index is 12.1. The molecule has 7 heteroatoms. The molecule has 0 radical (unpaired) electrons. The summed E-state index contributed by atoms with van der Waals surface area (Å²) < 4.78 is 12.1. The molecule has 0 amide bonds. The number of nitrogens with one attached hydrogen (secondary N) is 2. The summed E-state index contributed by atoms with van der Waals surface area (Å²) in [5, 5.41) is 7.12. The highest BCUT2D eigenvalue weighted by atomic mass is 35.5. The summed E-state index contributed by atoms with van der Waals surface area (Å²) in [6, 6.07) is 3.95. The molecule has 21 heavy (non-hydrogen) atoms. The molecule has 1 unspecified atom stereocenters. The van der Waals surface area contributed by atoms with Crippen molar-refractivity contribution in [2.45, 2.75) is 18.9 Å². The Bertz CT molecular complexity index is 482. The van der Waals surface area contributed by atoms with E-state index in [1.807, 2.05) is 12.1 Å². The van der Waals surface area contributed by atoms with Crippen LogP contribution in [-0.4, -0.2) is 50.3 Å². The van der Waals surface area contributed by atoms with Gasteiger partial charge in [-0.05, 0) is 25.0 Å². The number of halogens is 2. The average molecular weight is 314 g/mol. The van der Waals surface area contributed by atoms with Crippen LogP contribution in [0, 0.1) is 0 Å². The molecule has 1 aromatic rings. The number of guanidine groups is 1. The topological polar surface area (TPSA) is 52.6 Å². The fraction of sp³-hybridized carbons (Fsp3) is 0.571. The Morgan fingerprint density at radius 1 is 1.62 bits per heavy atom. The summed E-state index contributed by atoms with van der Waals surface area (Å²) in [5.74, 6) is 1.53. The van der Waals surface area contributed by atoms with Crippen LogP contribution >= 0.6 is 11.6 Å². The first-order valence-electron chi connectivity index (χ1n) is 7.13. The third-order valence-electron chi connectivity index (χ3n) is 3.39. The number of hydrogen-bond acceptors (Lipinski definition) is 3. The molecule has 1 atom stereocenters. The molecule has 0 spiro atoms. The minimum Gasteiger partial charge on any atom is -0.356 e. The zero-order valence-corrected chi connectivity index (χ0v) is 12.9. The molecule has 1 saturated heterocycles. The lowest BCUT2D eigenvalue weighted by Gasteiger charge is -2.20. The van der Waals surface area contributed by atoms with E-state index in [0.717, 1.165) is 25.3 Å². The molecule has 0 bridgehead atoms. The molecule has 1 aromatic heterocycles. The Balaban J connectivity index is 1.86. The van der Waals surface area contributed by atoms with Gasteiger partial charge in [0.15, 0.2) is 5.96 Å². The van der Waals surface area contributed by atoms with Crippen molar-refractivity contribution in [2.24, 2.45) is 4.99 Å². The lowest BCUT2D eigenvalue weighted by molar-refractivity contribution is 0.470. The predicted molar refractivity (Wildman–Crippen MR) is 85.0 cm³/mol. The van der Waals surface area contributed by atoms with E-state index in [-0.39, 0.29) is 12.7 Å². The largest absolute Gasteiger partial charge is 0.356 e. The lowest BCUT2D eigenvalue weighted by Crippen LogP contribution is -2.45. The molecule has 0 saturated carbocycles. The van der Waals surface area contributed by atoms with Gasteiger partial charge < -0.3 is 15.5 Å². The van der Waals surface area contributed by atoms with Gasteiger partial charge in [0, 0.05) is 38.9 Å². The summed E-state index contributed by atoms with van der Waals surface area (Å²) >= 11 is 6.17. The minimum absolute atomic E-state index is 0.277. The van der Waals surface area contributed by atoms with E-state index in [1.54, 1.807) is 13.2 Å². The van der Waals surface area contributed by atoms with Gasteiger partial charge in [-0.15, -0.1) is 0 Å². The Kier molecular flexibility index (Phi) is 6.04. The highest BCUT2D eigenvalue weighted by molar-refractivity contribution is 6.32. The van der Waals surface area contributed by atoms with Crippen LogP contribution in [0.15, 0.2) is 23.3 Å². The van der Waals surface area contributed by atoms with E-state index in [2.05, 4.69) is 25.5 Å². The third kappa shape index (κ3) is 4.46. The second-order valence-corrected chi connectivity index (χ2v) is 5.33. The second-order valence-electron chi connectivity index (χ2n) is 4.93. The van der Waals surface area contributed by atoms with Crippen molar-refractivity contribution in [1.82, 2.24) is 15.6 Å².